The first-order valence-corrected chi connectivity index (χ1v) is 7.97. The summed E-state index contributed by atoms with van der Waals surface area (Å²) >= 11 is 0. The second kappa shape index (κ2) is 10.9. The van der Waals surface area contributed by atoms with Gasteiger partial charge < -0.3 is 18.4 Å². The minimum atomic E-state index is -4.00. The lowest BCUT2D eigenvalue weighted by Gasteiger charge is -2.22. The van der Waals surface area contributed by atoms with Crippen LogP contribution in [0.5, 0.6) is 0 Å². The van der Waals surface area contributed by atoms with Crippen molar-refractivity contribution in [2.75, 3.05) is 41.4 Å². The zero-order valence-electron chi connectivity index (χ0n) is 12.8. The lowest BCUT2D eigenvalue weighted by molar-refractivity contribution is -0.849. The van der Waals surface area contributed by atoms with Crippen LogP contribution in [-0.2, 0) is 13.6 Å². The van der Waals surface area contributed by atoms with Crippen molar-refractivity contribution >= 4 is 7.82 Å². The molecule has 6 heteroatoms. The Kier molecular flexibility index (Phi) is 12.4. The number of phosphoric ester groups is 1. The first kappa shape index (κ1) is 20.4. The molecule has 0 unspecified atom stereocenters. The summed E-state index contributed by atoms with van der Waals surface area (Å²) in [5, 5.41) is 0. The Bertz CT molecular complexity index is 209. The van der Waals surface area contributed by atoms with E-state index in [1.165, 1.54) is 0 Å². The Morgan fingerprint density at radius 3 is 1.44 bits per heavy atom. The van der Waals surface area contributed by atoms with Crippen molar-refractivity contribution < 1.29 is 23.0 Å². The lowest BCUT2D eigenvalue weighted by atomic mass is 10.4. The van der Waals surface area contributed by atoms with Crippen LogP contribution in [0.2, 0.25) is 0 Å². The molecule has 0 aromatic heterocycles. The minimum Gasteiger partial charge on any atom is -0.756 e. The van der Waals surface area contributed by atoms with Crippen LogP contribution in [0.25, 0.3) is 0 Å². The summed E-state index contributed by atoms with van der Waals surface area (Å²) in [5.74, 6) is 0. The number of unbranched alkanes of at least 4 members (excludes halogenated alkanes) is 2. The maximum absolute atomic E-state index is 11.0. The highest BCUT2D eigenvalue weighted by Crippen LogP contribution is 2.38. The van der Waals surface area contributed by atoms with Gasteiger partial charge in [0.1, 0.15) is 0 Å². The zero-order chi connectivity index (χ0) is 14.7. The highest BCUT2D eigenvalue weighted by Gasteiger charge is 2.07. The minimum absolute atomic E-state index is 0.226. The molecular weight excluding hydrogens is 253 g/mol. The van der Waals surface area contributed by atoms with E-state index in [2.05, 4.69) is 37.2 Å². The van der Waals surface area contributed by atoms with Crippen molar-refractivity contribution in [1.82, 2.24) is 0 Å². The van der Waals surface area contributed by atoms with Gasteiger partial charge >= 0.3 is 0 Å². The highest BCUT2D eigenvalue weighted by molar-refractivity contribution is 7.45. The van der Waals surface area contributed by atoms with Crippen LogP contribution in [0.1, 0.15) is 39.5 Å². The van der Waals surface area contributed by atoms with Gasteiger partial charge in [0.15, 0.2) is 0 Å². The number of quaternary nitrogens is 1. The third-order valence-corrected chi connectivity index (χ3v) is 2.49. The van der Waals surface area contributed by atoms with E-state index in [1.807, 2.05) is 13.8 Å². The highest BCUT2D eigenvalue weighted by atomic mass is 31.2. The van der Waals surface area contributed by atoms with Crippen LogP contribution in [0.4, 0.5) is 0 Å². The number of hydrogen-bond donors (Lipinski definition) is 0. The summed E-state index contributed by atoms with van der Waals surface area (Å²) in [5.41, 5.74) is 0. The molecule has 0 aromatic carbocycles. The molecule has 0 fully saturated rings. The van der Waals surface area contributed by atoms with E-state index >= 15 is 0 Å². The maximum Gasteiger partial charge on any atom is 0.267 e. The molecule has 0 aliphatic carbocycles. The third kappa shape index (κ3) is 25.1. The van der Waals surface area contributed by atoms with Crippen LogP contribution in [-0.4, -0.2) is 45.9 Å². The monoisotopic (exact) mass is 283 g/mol. The van der Waals surface area contributed by atoms with Crippen molar-refractivity contribution in [2.45, 2.75) is 39.5 Å². The van der Waals surface area contributed by atoms with Crippen LogP contribution >= 0.6 is 7.82 Å². The molecule has 0 radical (unpaired) electrons. The molecule has 0 saturated carbocycles. The van der Waals surface area contributed by atoms with Gasteiger partial charge in [-0.15, -0.1) is 0 Å². The molecule has 18 heavy (non-hydrogen) atoms. The van der Waals surface area contributed by atoms with Gasteiger partial charge in [0.25, 0.3) is 7.82 Å². The van der Waals surface area contributed by atoms with Crippen molar-refractivity contribution in [1.29, 1.82) is 0 Å². The molecule has 0 heterocycles. The summed E-state index contributed by atoms with van der Waals surface area (Å²) < 4.78 is 21.2. The topological polar surface area (TPSA) is 58.6 Å². The number of hydrogen-bond acceptors (Lipinski definition) is 4. The molecule has 0 N–H and O–H groups in total. The van der Waals surface area contributed by atoms with Gasteiger partial charge in [-0.25, -0.2) is 0 Å². The first-order valence-electron chi connectivity index (χ1n) is 6.51. The van der Waals surface area contributed by atoms with Gasteiger partial charge in [-0.3, -0.25) is 4.57 Å². The number of rotatable bonds is 8. The van der Waals surface area contributed by atoms with E-state index in [0.29, 0.717) is 0 Å². The molecule has 112 valence electrons. The molecule has 0 amide bonds. The average Bonchev–Trinajstić information content (AvgIpc) is 2.15. The van der Waals surface area contributed by atoms with Crippen molar-refractivity contribution in [2.24, 2.45) is 0 Å². The number of nitrogens with zero attached hydrogens (tertiary/aromatic N) is 1. The second-order valence-corrected chi connectivity index (χ2v) is 6.91. The molecule has 0 rings (SSSR count). The zero-order valence-corrected chi connectivity index (χ0v) is 13.7. The Labute approximate surface area is 112 Å². The van der Waals surface area contributed by atoms with Gasteiger partial charge in [-0.1, -0.05) is 26.7 Å². The number of phosphoric acid groups is 1. The molecule has 0 aliphatic rings. The quantitative estimate of drug-likeness (QED) is 0.390. The van der Waals surface area contributed by atoms with E-state index in [4.69, 9.17) is 0 Å². The maximum atomic E-state index is 11.0. The average molecular weight is 283 g/mol. The van der Waals surface area contributed by atoms with E-state index < -0.39 is 7.82 Å². The summed E-state index contributed by atoms with van der Waals surface area (Å²) in [7, 11) is 4.50. The molecule has 0 saturated heterocycles. The van der Waals surface area contributed by atoms with E-state index in [-0.39, 0.29) is 13.2 Å². The van der Waals surface area contributed by atoms with Crippen LogP contribution in [0.3, 0.4) is 0 Å². The fourth-order valence-electron chi connectivity index (χ4n) is 0.679. The Hall–Kier alpha value is 0.0700. The third-order valence-electron chi connectivity index (χ3n) is 1.49. The van der Waals surface area contributed by atoms with Gasteiger partial charge in [-0.05, 0) is 12.8 Å². The molecule has 0 atom stereocenters. The second-order valence-electron chi connectivity index (χ2n) is 5.50. The molecule has 0 aliphatic heterocycles. The van der Waals surface area contributed by atoms with Gasteiger partial charge in [0.2, 0.25) is 0 Å². The summed E-state index contributed by atoms with van der Waals surface area (Å²) in [4.78, 5) is 11.0. The summed E-state index contributed by atoms with van der Waals surface area (Å²) in [6, 6.07) is 0. The predicted molar refractivity (Wildman–Crippen MR) is 73.3 cm³/mol. The van der Waals surface area contributed by atoms with Gasteiger partial charge in [0.05, 0.1) is 41.4 Å². The standard InChI is InChI=1S/C8H19O4P.C4H12N/c1-3-5-7-11-13(9,10)12-8-6-4-2;1-5(2,3)4/h3-8H2,1-2H3,(H,9,10);1-4H3/q;+1/p-1. The van der Waals surface area contributed by atoms with E-state index in [9.17, 15) is 9.46 Å². The van der Waals surface area contributed by atoms with E-state index in [1.54, 1.807) is 0 Å². The normalized spacial score (nSPS) is 11.9. The smallest absolute Gasteiger partial charge is 0.267 e. The molecule has 5 nitrogen and oxygen atoms in total. The van der Waals surface area contributed by atoms with Crippen LogP contribution in [0.15, 0.2) is 0 Å². The van der Waals surface area contributed by atoms with Crippen molar-refractivity contribution in [3.8, 4) is 0 Å². The van der Waals surface area contributed by atoms with Crippen LogP contribution < -0.4 is 4.89 Å². The molecule has 0 bridgehead atoms. The van der Waals surface area contributed by atoms with Crippen LogP contribution in [0, 0.1) is 0 Å². The van der Waals surface area contributed by atoms with Crippen molar-refractivity contribution in [3.05, 3.63) is 0 Å². The Balaban J connectivity index is 0. The Morgan fingerprint density at radius 2 is 1.22 bits per heavy atom. The summed E-state index contributed by atoms with van der Waals surface area (Å²) in [6.07, 6.45) is 3.30. The molecule has 0 spiro atoms. The Morgan fingerprint density at radius 1 is 0.944 bits per heavy atom. The molecule has 0 aromatic rings. The fraction of sp³-hybridized carbons (Fsp3) is 1.00. The first-order chi connectivity index (χ1) is 8.12. The largest absolute Gasteiger partial charge is 0.756 e. The lowest BCUT2D eigenvalue weighted by Crippen LogP contribution is -2.27. The summed E-state index contributed by atoms with van der Waals surface area (Å²) in [6.45, 7) is 4.39. The molecular formula is C12H30NO4P. The van der Waals surface area contributed by atoms with Crippen molar-refractivity contribution in [3.63, 3.8) is 0 Å². The predicted octanol–water partition coefficient (Wildman–Crippen LogP) is 2.41. The van der Waals surface area contributed by atoms with E-state index in [0.717, 1.165) is 30.2 Å². The SMILES string of the molecule is CCCCOP(=O)([O-])OCCCC.C[N+](C)(C)C. The van der Waals surface area contributed by atoms with Gasteiger partial charge in [0, 0.05) is 0 Å². The fourth-order valence-corrected chi connectivity index (χ4v) is 1.46. The van der Waals surface area contributed by atoms with Gasteiger partial charge in [-0.2, -0.15) is 0 Å².